The van der Waals surface area contributed by atoms with Gasteiger partial charge in [-0.05, 0) is 56.0 Å². The van der Waals surface area contributed by atoms with Gasteiger partial charge in [0.15, 0.2) is 5.65 Å². The number of phenols is 1. The number of nitrogens with zero attached hydrogens (tertiary/aromatic N) is 3. The number of hydrogen-bond acceptors (Lipinski definition) is 5. The first-order valence-electron chi connectivity index (χ1n) is 9.41. The number of halogens is 3. The first kappa shape index (κ1) is 19.5. The van der Waals surface area contributed by atoms with Gasteiger partial charge in [0, 0.05) is 13.1 Å². The number of aryl methyl sites for hydroxylation is 1. The Labute approximate surface area is 165 Å². The van der Waals surface area contributed by atoms with Gasteiger partial charge in [0.2, 0.25) is 0 Å². The molecule has 1 aliphatic rings. The Morgan fingerprint density at radius 1 is 1.14 bits per heavy atom. The van der Waals surface area contributed by atoms with Crippen molar-refractivity contribution in [3.63, 3.8) is 0 Å². The number of hydrogen-bond donors (Lipinski definition) is 3. The van der Waals surface area contributed by atoms with Gasteiger partial charge in [-0.3, -0.25) is 0 Å². The normalized spacial score (nSPS) is 20.2. The van der Waals surface area contributed by atoms with Crippen LogP contribution in [0.4, 0.5) is 19.0 Å². The number of anilines is 1. The van der Waals surface area contributed by atoms with Crippen LogP contribution in [0.15, 0.2) is 30.3 Å². The average Bonchev–Trinajstić information content (AvgIpc) is 2.97. The molecule has 3 N–H and O–H groups in total. The highest BCUT2D eigenvalue weighted by atomic mass is 19.4. The van der Waals surface area contributed by atoms with E-state index in [0.29, 0.717) is 35.3 Å². The van der Waals surface area contributed by atoms with Gasteiger partial charge in [-0.15, -0.1) is 0 Å². The summed E-state index contributed by atoms with van der Waals surface area (Å²) in [5.41, 5.74) is 0.386. The lowest BCUT2D eigenvalue weighted by Crippen LogP contribution is -2.30. The molecule has 9 heteroatoms. The molecule has 1 aromatic carbocycles. The van der Waals surface area contributed by atoms with E-state index in [0.717, 1.165) is 25.3 Å². The fourth-order valence-electron chi connectivity index (χ4n) is 3.80. The second kappa shape index (κ2) is 7.22. The Balaban J connectivity index is 1.65. The van der Waals surface area contributed by atoms with E-state index in [1.165, 1.54) is 6.07 Å². The van der Waals surface area contributed by atoms with E-state index in [-0.39, 0.29) is 17.7 Å². The second-order valence-electron chi connectivity index (χ2n) is 7.43. The number of aromatic nitrogens is 3. The van der Waals surface area contributed by atoms with Crippen molar-refractivity contribution in [1.82, 2.24) is 14.5 Å². The Bertz CT molecular complexity index is 1050. The van der Waals surface area contributed by atoms with E-state index in [4.69, 9.17) is 0 Å². The minimum absolute atomic E-state index is 0.130. The van der Waals surface area contributed by atoms with Crippen LogP contribution in [0, 0.1) is 0 Å². The molecule has 0 radical (unpaired) electrons. The molecule has 0 aliphatic heterocycles. The summed E-state index contributed by atoms with van der Waals surface area (Å²) in [5, 5.41) is 23.3. The zero-order chi connectivity index (χ0) is 20.8. The zero-order valence-electron chi connectivity index (χ0n) is 15.7. The second-order valence-corrected chi connectivity index (χ2v) is 7.43. The third-order valence-corrected chi connectivity index (χ3v) is 5.31. The van der Waals surface area contributed by atoms with E-state index >= 15 is 0 Å². The number of imidazole rings is 1. The summed E-state index contributed by atoms with van der Waals surface area (Å²) in [6.07, 6.45) is -1.48. The van der Waals surface area contributed by atoms with Crippen LogP contribution >= 0.6 is 0 Å². The maximum absolute atomic E-state index is 12.8. The highest BCUT2D eigenvalue weighted by molar-refractivity contribution is 5.80. The van der Waals surface area contributed by atoms with Crippen molar-refractivity contribution in [2.75, 3.05) is 5.32 Å². The number of fused-ring (bicyclic) bond motifs is 1. The Morgan fingerprint density at radius 3 is 2.62 bits per heavy atom. The molecular formula is C20H21F3N4O2. The summed E-state index contributed by atoms with van der Waals surface area (Å²) in [6.45, 7) is 0. The van der Waals surface area contributed by atoms with Crippen LogP contribution < -0.4 is 5.32 Å². The lowest BCUT2D eigenvalue weighted by molar-refractivity contribution is -0.137. The van der Waals surface area contributed by atoms with Gasteiger partial charge in [-0.25, -0.2) is 9.97 Å². The fourth-order valence-corrected chi connectivity index (χ4v) is 3.80. The molecule has 2 atom stereocenters. The quantitative estimate of drug-likeness (QED) is 0.611. The summed E-state index contributed by atoms with van der Waals surface area (Å²) < 4.78 is 40.2. The van der Waals surface area contributed by atoms with Crippen LogP contribution in [-0.2, 0) is 13.2 Å². The molecule has 0 bridgehead atoms. The summed E-state index contributed by atoms with van der Waals surface area (Å²) in [7, 11) is 1.72. The molecule has 2 heterocycles. The summed E-state index contributed by atoms with van der Waals surface area (Å²) in [5.74, 6) is 0.453. The van der Waals surface area contributed by atoms with E-state index in [1.54, 1.807) is 17.7 Å². The Hall–Kier alpha value is -2.81. The minimum Gasteiger partial charge on any atom is -0.507 e. The van der Waals surface area contributed by atoms with Gasteiger partial charge in [0.05, 0.1) is 22.7 Å². The molecule has 0 spiro atoms. The van der Waals surface area contributed by atoms with Gasteiger partial charge < -0.3 is 20.1 Å². The van der Waals surface area contributed by atoms with E-state index < -0.39 is 17.5 Å². The van der Waals surface area contributed by atoms with E-state index in [1.807, 2.05) is 6.07 Å². The van der Waals surface area contributed by atoms with Gasteiger partial charge in [-0.1, -0.05) is 0 Å². The largest absolute Gasteiger partial charge is 0.507 e. The van der Waals surface area contributed by atoms with Crippen LogP contribution in [0.3, 0.4) is 0 Å². The van der Waals surface area contributed by atoms with Crippen molar-refractivity contribution in [2.24, 2.45) is 7.05 Å². The smallest absolute Gasteiger partial charge is 0.416 e. The molecule has 3 aromatic rings. The van der Waals surface area contributed by atoms with Crippen LogP contribution in [0.5, 0.6) is 5.75 Å². The predicted octanol–water partition coefficient (Wildman–Crippen LogP) is 4.08. The van der Waals surface area contributed by atoms with Crippen molar-refractivity contribution < 1.29 is 23.4 Å². The number of pyridine rings is 1. The maximum Gasteiger partial charge on any atom is 0.416 e. The van der Waals surface area contributed by atoms with E-state index in [9.17, 15) is 23.4 Å². The first-order valence-corrected chi connectivity index (χ1v) is 9.41. The molecule has 1 saturated carbocycles. The number of alkyl halides is 3. The van der Waals surface area contributed by atoms with Gasteiger partial charge >= 0.3 is 6.18 Å². The zero-order valence-corrected chi connectivity index (χ0v) is 15.7. The lowest BCUT2D eigenvalue weighted by atomic mass is 9.93. The standard InChI is InChI=1S/C20H21F3N4O2/c1-27-15-7-8-17(24-12-3-2-4-13(28)10-12)25-18(15)26-19(27)14-6-5-11(9-16(14)29)20(21,22)23/h5-9,12-13,28-29H,2-4,10H2,1H3,(H,24,25)/t12-,13-/m1/s1. The summed E-state index contributed by atoms with van der Waals surface area (Å²) >= 11 is 0. The van der Waals surface area contributed by atoms with Crippen molar-refractivity contribution in [2.45, 2.75) is 44.0 Å². The lowest BCUT2D eigenvalue weighted by Gasteiger charge is -2.26. The predicted molar refractivity (Wildman–Crippen MR) is 102 cm³/mol. The Kier molecular flexibility index (Phi) is 4.85. The number of benzene rings is 1. The van der Waals surface area contributed by atoms with Crippen LogP contribution in [0.2, 0.25) is 0 Å². The van der Waals surface area contributed by atoms with Crippen molar-refractivity contribution in [3.05, 3.63) is 35.9 Å². The van der Waals surface area contributed by atoms with Crippen LogP contribution in [0.25, 0.3) is 22.6 Å². The molecule has 2 aromatic heterocycles. The molecule has 1 aliphatic carbocycles. The monoisotopic (exact) mass is 406 g/mol. The molecule has 29 heavy (non-hydrogen) atoms. The molecule has 6 nitrogen and oxygen atoms in total. The third-order valence-electron chi connectivity index (χ3n) is 5.31. The average molecular weight is 406 g/mol. The van der Waals surface area contributed by atoms with Crippen molar-refractivity contribution >= 4 is 17.0 Å². The molecule has 0 saturated heterocycles. The summed E-state index contributed by atoms with van der Waals surface area (Å²) in [4.78, 5) is 8.93. The molecule has 4 rings (SSSR count). The first-order chi connectivity index (χ1) is 13.7. The SMILES string of the molecule is Cn1c(-c2ccc(C(F)(F)F)cc2O)nc2nc(N[C@@H]3CCC[C@@H](O)C3)ccc21. The molecule has 0 unspecified atom stereocenters. The highest BCUT2D eigenvalue weighted by Crippen LogP contribution is 2.37. The number of phenolic OH excluding ortho intramolecular Hbond substituents is 1. The number of nitrogens with one attached hydrogen (secondary N) is 1. The summed E-state index contributed by atoms with van der Waals surface area (Å²) in [6, 6.07) is 6.59. The number of aromatic hydroxyl groups is 1. The van der Waals surface area contributed by atoms with Gasteiger partial charge in [0.1, 0.15) is 17.4 Å². The van der Waals surface area contributed by atoms with Crippen molar-refractivity contribution in [1.29, 1.82) is 0 Å². The Morgan fingerprint density at radius 2 is 1.93 bits per heavy atom. The fraction of sp³-hybridized carbons (Fsp3) is 0.400. The minimum atomic E-state index is -4.53. The van der Waals surface area contributed by atoms with Crippen LogP contribution in [0.1, 0.15) is 31.2 Å². The topological polar surface area (TPSA) is 83.2 Å². The van der Waals surface area contributed by atoms with Gasteiger partial charge in [-0.2, -0.15) is 13.2 Å². The van der Waals surface area contributed by atoms with Crippen molar-refractivity contribution in [3.8, 4) is 17.1 Å². The third kappa shape index (κ3) is 3.87. The molecule has 154 valence electrons. The molecule has 0 amide bonds. The number of aliphatic hydroxyl groups is 1. The maximum atomic E-state index is 12.8. The number of aliphatic hydroxyl groups excluding tert-OH is 1. The molecule has 1 fully saturated rings. The van der Waals surface area contributed by atoms with E-state index in [2.05, 4.69) is 15.3 Å². The highest BCUT2D eigenvalue weighted by Gasteiger charge is 2.31. The van der Waals surface area contributed by atoms with Crippen LogP contribution in [-0.4, -0.2) is 36.9 Å². The van der Waals surface area contributed by atoms with Gasteiger partial charge in [0.25, 0.3) is 0 Å². The number of rotatable bonds is 3. The molecular weight excluding hydrogens is 385 g/mol.